The van der Waals surface area contributed by atoms with Crippen LogP contribution >= 0.6 is 0 Å². The van der Waals surface area contributed by atoms with Gasteiger partial charge in [0.1, 0.15) is 0 Å². The average Bonchev–Trinajstić information content (AvgIpc) is 2.89. The number of rotatable bonds is 2. The van der Waals surface area contributed by atoms with E-state index in [0.717, 1.165) is 17.9 Å². The minimum absolute atomic E-state index is 0.0333. The fourth-order valence-electron chi connectivity index (χ4n) is 2.66. The molecule has 0 aromatic heterocycles. The van der Waals surface area contributed by atoms with Gasteiger partial charge in [-0.15, -0.1) is 0 Å². The van der Waals surface area contributed by atoms with Crippen LogP contribution < -0.4 is 0 Å². The summed E-state index contributed by atoms with van der Waals surface area (Å²) in [6.45, 7) is 0. The maximum atomic E-state index is 11.3. The maximum Gasteiger partial charge on any atom is 0.254 e. The van der Waals surface area contributed by atoms with E-state index in [1.807, 2.05) is 0 Å². The van der Waals surface area contributed by atoms with Crippen LogP contribution in [0.25, 0.3) is 0 Å². The van der Waals surface area contributed by atoms with E-state index in [1.54, 1.807) is 0 Å². The van der Waals surface area contributed by atoms with Crippen molar-refractivity contribution in [2.24, 2.45) is 11.8 Å². The van der Waals surface area contributed by atoms with Crippen molar-refractivity contribution in [3.63, 3.8) is 0 Å². The molecule has 0 aromatic carbocycles. The summed E-state index contributed by atoms with van der Waals surface area (Å²) in [5.41, 5.74) is 0. The van der Waals surface area contributed by atoms with Crippen LogP contribution in [0.5, 0.6) is 0 Å². The van der Waals surface area contributed by atoms with Crippen molar-refractivity contribution in [3.8, 4) is 0 Å². The second-order valence-electron chi connectivity index (χ2n) is 4.51. The second kappa shape index (κ2) is 3.17. The Morgan fingerprint density at radius 1 is 1.13 bits per heavy atom. The number of nitrogens with zero attached hydrogens (tertiary/aromatic N) is 1. The third-order valence-electron chi connectivity index (χ3n) is 3.46. The molecule has 3 atom stereocenters. The van der Waals surface area contributed by atoms with Crippen molar-refractivity contribution < 1.29 is 14.4 Å². The first kappa shape index (κ1) is 9.09. The predicted molar refractivity (Wildman–Crippen MR) is 51.3 cm³/mol. The zero-order chi connectivity index (χ0) is 10.4. The first-order chi connectivity index (χ1) is 7.24. The van der Waals surface area contributed by atoms with Crippen molar-refractivity contribution in [1.82, 2.24) is 5.06 Å². The number of amides is 2. The van der Waals surface area contributed by atoms with Gasteiger partial charge in [0.25, 0.3) is 11.8 Å². The van der Waals surface area contributed by atoms with Gasteiger partial charge in [0.15, 0.2) is 0 Å². The molecule has 1 heterocycles. The van der Waals surface area contributed by atoms with E-state index in [4.69, 9.17) is 4.84 Å². The Kier molecular flexibility index (Phi) is 1.92. The largest absolute Gasteiger partial charge is 0.272 e. The molecule has 15 heavy (non-hydrogen) atoms. The third-order valence-corrected chi connectivity index (χ3v) is 3.46. The molecule has 4 nitrogen and oxygen atoms in total. The van der Waals surface area contributed by atoms with Gasteiger partial charge in [-0.25, -0.2) is 0 Å². The second-order valence-corrected chi connectivity index (χ2v) is 4.51. The van der Waals surface area contributed by atoms with Crippen LogP contribution in [0.3, 0.4) is 0 Å². The molecule has 2 amide bonds. The van der Waals surface area contributed by atoms with E-state index >= 15 is 0 Å². The molecular weight excluding hydrogens is 194 g/mol. The Labute approximate surface area is 87.8 Å². The molecule has 0 radical (unpaired) electrons. The van der Waals surface area contributed by atoms with Crippen LogP contribution in [0.15, 0.2) is 12.2 Å². The summed E-state index contributed by atoms with van der Waals surface area (Å²) in [6, 6.07) is 0. The molecular formula is C11H13NO3. The monoisotopic (exact) mass is 207 g/mol. The maximum absolute atomic E-state index is 11.3. The Balaban J connectivity index is 1.68. The molecule has 0 N–H and O–H groups in total. The SMILES string of the molecule is O=C1CCC(=O)N1OC1CC2C=CC1C2. The first-order valence-electron chi connectivity index (χ1n) is 5.45. The van der Waals surface area contributed by atoms with Gasteiger partial charge in [-0.2, -0.15) is 5.06 Å². The summed E-state index contributed by atoms with van der Waals surface area (Å²) in [7, 11) is 0. The molecule has 2 aliphatic carbocycles. The molecule has 1 saturated carbocycles. The number of imide groups is 1. The number of fused-ring (bicyclic) bond motifs is 2. The zero-order valence-corrected chi connectivity index (χ0v) is 8.39. The molecule has 3 aliphatic rings. The summed E-state index contributed by atoms with van der Waals surface area (Å²) in [5, 5.41) is 0.985. The van der Waals surface area contributed by atoms with Gasteiger partial charge >= 0.3 is 0 Å². The number of hydrogen-bond acceptors (Lipinski definition) is 3. The lowest BCUT2D eigenvalue weighted by Crippen LogP contribution is -2.35. The summed E-state index contributed by atoms with van der Waals surface area (Å²) in [6.07, 6.45) is 7.04. The van der Waals surface area contributed by atoms with Gasteiger partial charge in [-0.05, 0) is 18.8 Å². The highest BCUT2D eigenvalue weighted by atomic mass is 16.7. The Morgan fingerprint density at radius 2 is 1.87 bits per heavy atom. The molecule has 4 heteroatoms. The van der Waals surface area contributed by atoms with Crippen LogP contribution in [0.2, 0.25) is 0 Å². The summed E-state index contributed by atoms with van der Waals surface area (Å²) >= 11 is 0. The molecule has 0 aromatic rings. The Hall–Kier alpha value is -1.16. The Bertz CT molecular complexity index is 334. The smallest absolute Gasteiger partial charge is 0.254 e. The number of allylic oxidation sites excluding steroid dienone is 1. The minimum atomic E-state index is -0.188. The van der Waals surface area contributed by atoms with E-state index < -0.39 is 0 Å². The topological polar surface area (TPSA) is 46.6 Å². The molecule has 2 fully saturated rings. The van der Waals surface area contributed by atoms with Gasteiger partial charge < -0.3 is 0 Å². The lowest BCUT2D eigenvalue weighted by atomic mass is 10.1. The van der Waals surface area contributed by atoms with Gasteiger partial charge in [0.2, 0.25) is 0 Å². The Morgan fingerprint density at radius 3 is 2.40 bits per heavy atom. The summed E-state index contributed by atoms with van der Waals surface area (Å²) in [5.74, 6) is 0.613. The van der Waals surface area contributed by atoms with Crippen LogP contribution in [-0.2, 0) is 14.4 Å². The van der Waals surface area contributed by atoms with Gasteiger partial charge in [-0.3, -0.25) is 14.4 Å². The molecule has 1 saturated heterocycles. The van der Waals surface area contributed by atoms with Crippen molar-refractivity contribution in [1.29, 1.82) is 0 Å². The molecule has 80 valence electrons. The summed E-state index contributed by atoms with van der Waals surface area (Å²) in [4.78, 5) is 28.2. The number of hydroxylamine groups is 2. The van der Waals surface area contributed by atoms with Crippen molar-refractivity contribution in [3.05, 3.63) is 12.2 Å². The normalized spacial score (nSPS) is 38.4. The number of carbonyl (C=O) groups is 2. The molecule has 1 aliphatic heterocycles. The van der Waals surface area contributed by atoms with Crippen LogP contribution in [0.4, 0.5) is 0 Å². The third kappa shape index (κ3) is 1.40. The van der Waals surface area contributed by atoms with Crippen molar-refractivity contribution in [2.75, 3.05) is 0 Å². The minimum Gasteiger partial charge on any atom is -0.272 e. The van der Waals surface area contributed by atoms with E-state index in [0.29, 0.717) is 24.7 Å². The highest BCUT2D eigenvalue weighted by Gasteiger charge is 2.41. The van der Waals surface area contributed by atoms with Crippen LogP contribution in [0, 0.1) is 11.8 Å². The highest BCUT2D eigenvalue weighted by Crippen LogP contribution is 2.41. The van der Waals surface area contributed by atoms with Crippen LogP contribution in [-0.4, -0.2) is 23.0 Å². The lowest BCUT2D eigenvalue weighted by molar-refractivity contribution is -0.205. The standard InChI is InChI=1S/C11H13NO3/c13-10-3-4-11(14)12(10)15-9-6-7-1-2-8(9)5-7/h1-2,7-9H,3-6H2. The van der Waals surface area contributed by atoms with Gasteiger partial charge in [-0.1, -0.05) is 12.2 Å². The van der Waals surface area contributed by atoms with Gasteiger partial charge in [0.05, 0.1) is 6.10 Å². The van der Waals surface area contributed by atoms with E-state index in [-0.39, 0.29) is 17.9 Å². The lowest BCUT2D eigenvalue weighted by Gasteiger charge is -2.23. The average molecular weight is 207 g/mol. The predicted octanol–water partition coefficient (Wildman–Crippen LogP) is 1.03. The first-order valence-corrected chi connectivity index (χ1v) is 5.45. The molecule has 3 rings (SSSR count). The number of carbonyl (C=O) groups excluding carboxylic acids is 2. The number of hydrogen-bond donors (Lipinski definition) is 0. The van der Waals surface area contributed by atoms with E-state index in [9.17, 15) is 9.59 Å². The fourth-order valence-corrected chi connectivity index (χ4v) is 2.66. The molecule has 0 spiro atoms. The molecule has 3 unspecified atom stereocenters. The fraction of sp³-hybridized carbons (Fsp3) is 0.636. The van der Waals surface area contributed by atoms with Crippen molar-refractivity contribution >= 4 is 11.8 Å². The molecule has 2 bridgehead atoms. The van der Waals surface area contributed by atoms with E-state index in [1.165, 1.54) is 0 Å². The summed E-state index contributed by atoms with van der Waals surface area (Å²) < 4.78 is 0. The van der Waals surface area contributed by atoms with Gasteiger partial charge in [0, 0.05) is 18.8 Å². The van der Waals surface area contributed by atoms with Crippen LogP contribution in [0.1, 0.15) is 25.7 Å². The van der Waals surface area contributed by atoms with E-state index in [2.05, 4.69) is 12.2 Å². The highest BCUT2D eigenvalue weighted by molar-refractivity contribution is 6.00. The zero-order valence-electron chi connectivity index (χ0n) is 8.39. The van der Waals surface area contributed by atoms with Crippen molar-refractivity contribution in [2.45, 2.75) is 31.8 Å². The quantitative estimate of drug-likeness (QED) is 0.502.